The second-order valence-corrected chi connectivity index (χ2v) is 5.49. The molecule has 0 aromatic carbocycles. The first-order valence-electron chi connectivity index (χ1n) is 7.36. The van der Waals surface area contributed by atoms with E-state index in [1.807, 2.05) is 4.90 Å². The molecule has 0 N–H and O–H groups in total. The number of esters is 1. The number of carbonyl (C=O) groups excluding carboxylic acids is 1. The number of hydrogen-bond acceptors (Lipinski definition) is 7. The summed E-state index contributed by atoms with van der Waals surface area (Å²) in [6.07, 6.45) is 1.23. The molecule has 2 heterocycles. The van der Waals surface area contributed by atoms with Crippen molar-refractivity contribution in [3.05, 3.63) is 17.3 Å². The number of hydrogen-bond donors (Lipinski definition) is 0. The zero-order valence-corrected chi connectivity index (χ0v) is 13.9. The molecule has 0 bridgehead atoms. The summed E-state index contributed by atoms with van der Waals surface area (Å²) in [5, 5.41) is -0.202. The Labute approximate surface area is 139 Å². The van der Waals surface area contributed by atoms with Gasteiger partial charge in [0.15, 0.2) is 11.0 Å². The normalized spacial score (nSPS) is 19.0. The lowest BCUT2D eigenvalue weighted by Crippen LogP contribution is -2.56. The van der Waals surface area contributed by atoms with Crippen molar-refractivity contribution in [1.82, 2.24) is 14.9 Å². The molecule has 1 atom stereocenters. The standard InChI is InChI=1S/C14H20ClFN4O3/c1-3-23-11(21)7-19-4-5-20(6-10(19)8-22-2)14-12(16)13(15)17-9-18-14/h9-10H,3-8H2,1-2H3/t10-/m0/s1. The Morgan fingerprint density at radius 1 is 1.48 bits per heavy atom. The molecule has 0 radical (unpaired) electrons. The van der Waals surface area contributed by atoms with Crippen LogP contribution in [-0.2, 0) is 14.3 Å². The van der Waals surface area contributed by atoms with E-state index >= 15 is 0 Å². The maximum absolute atomic E-state index is 14.1. The fraction of sp³-hybridized carbons (Fsp3) is 0.643. The maximum Gasteiger partial charge on any atom is 0.320 e. The molecule has 1 fully saturated rings. The average molecular weight is 347 g/mol. The van der Waals surface area contributed by atoms with Gasteiger partial charge in [0, 0.05) is 26.7 Å². The fourth-order valence-corrected chi connectivity index (χ4v) is 2.70. The van der Waals surface area contributed by atoms with Gasteiger partial charge in [-0.3, -0.25) is 9.69 Å². The van der Waals surface area contributed by atoms with Crippen LogP contribution in [0.5, 0.6) is 0 Å². The highest BCUT2D eigenvalue weighted by Crippen LogP contribution is 2.23. The summed E-state index contributed by atoms with van der Waals surface area (Å²) in [4.78, 5) is 23.0. The summed E-state index contributed by atoms with van der Waals surface area (Å²) in [6, 6.07) is -0.0775. The largest absolute Gasteiger partial charge is 0.465 e. The molecule has 0 aliphatic carbocycles. The first kappa shape index (κ1) is 17.8. The summed E-state index contributed by atoms with van der Waals surface area (Å²) in [5.41, 5.74) is 0. The van der Waals surface area contributed by atoms with Crippen LogP contribution < -0.4 is 4.90 Å². The van der Waals surface area contributed by atoms with Crippen molar-refractivity contribution >= 4 is 23.4 Å². The first-order chi connectivity index (χ1) is 11.1. The molecule has 128 valence electrons. The third-order valence-electron chi connectivity index (χ3n) is 3.63. The molecule has 0 amide bonds. The molecule has 9 heteroatoms. The Hall–Kier alpha value is -1.51. The highest BCUT2D eigenvalue weighted by molar-refractivity contribution is 6.29. The van der Waals surface area contributed by atoms with Crippen molar-refractivity contribution in [1.29, 1.82) is 0 Å². The Morgan fingerprint density at radius 3 is 2.96 bits per heavy atom. The van der Waals surface area contributed by atoms with Gasteiger partial charge in [-0.25, -0.2) is 9.97 Å². The third kappa shape index (κ3) is 4.49. The number of ether oxygens (including phenoxy) is 2. The molecule has 1 aromatic rings. The smallest absolute Gasteiger partial charge is 0.320 e. The Bertz CT molecular complexity index is 549. The number of halogens is 2. The van der Waals surface area contributed by atoms with Crippen LogP contribution in [0.15, 0.2) is 6.33 Å². The molecular formula is C14H20ClFN4O3. The van der Waals surface area contributed by atoms with Crippen LogP contribution in [0, 0.1) is 5.82 Å². The zero-order chi connectivity index (χ0) is 16.8. The van der Waals surface area contributed by atoms with Crippen LogP contribution in [0.3, 0.4) is 0 Å². The lowest BCUT2D eigenvalue weighted by atomic mass is 10.1. The lowest BCUT2D eigenvalue weighted by molar-refractivity contribution is -0.145. The predicted molar refractivity (Wildman–Crippen MR) is 83.1 cm³/mol. The van der Waals surface area contributed by atoms with E-state index in [1.54, 1.807) is 18.9 Å². The summed E-state index contributed by atoms with van der Waals surface area (Å²) in [6.45, 7) is 4.26. The number of methoxy groups -OCH3 is 1. The Morgan fingerprint density at radius 2 is 2.26 bits per heavy atom. The van der Waals surface area contributed by atoms with Crippen LogP contribution in [0.4, 0.5) is 10.2 Å². The van der Waals surface area contributed by atoms with Gasteiger partial charge in [0.25, 0.3) is 0 Å². The fourth-order valence-electron chi connectivity index (χ4n) is 2.58. The molecule has 0 spiro atoms. The minimum atomic E-state index is -0.635. The van der Waals surface area contributed by atoms with Gasteiger partial charge in [0.2, 0.25) is 5.82 Å². The second kappa shape index (κ2) is 8.37. The van der Waals surface area contributed by atoms with Gasteiger partial charge in [0.1, 0.15) is 6.33 Å². The van der Waals surface area contributed by atoms with Crippen molar-refractivity contribution < 1.29 is 18.7 Å². The van der Waals surface area contributed by atoms with E-state index in [0.29, 0.717) is 32.8 Å². The second-order valence-electron chi connectivity index (χ2n) is 5.13. The Kier molecular flexibility index (Phi) is 6.49. The minimum absolute atomic E-state index is 0.0775. The molecule has 7 nitrogen and oxygen atoms in total. The molecule has 2 rings (SSSR count). The van der Waals surface area contributed by atoms with E-state index in [2.05, 4.69) is 9.97 Å². The molecule has 1 aliphatic heterocycles. The number of aromatic nitrogens is 2. The summed E-state index contributed by atoms with van der Waals surface area (Å²) in [5.74, 6) is -0.746. The Balaban J connectivity index is 2.08. The average Bonchev–Trinajstić information content (AvgIpc) is 2.52. The van der Waals surface area contributed by atoms with Crippen molar-refractivity contribution in [2.45, 2.75) is 13.0 Å². The van der Waals surface area contributed by atoms with E-state index in [-0.39, 0.29) is 29.5 Å². The molecule has 23 heavy (non-hydrogen) atoms. The number of anilines is 1. The van der Waals surface area contributed by atoms with Crippen LogP contribution in [0.1, 0.15) is 6.92 Å². The highest BCUT2D eigenvalue weighted by atomic mass is 35.5. The molecule has 0 saturated carbocycles. The maximum atomic E-state index is 14.1. The van der Waals surface area contributed by atoms with E-state index in [4.69, 9.17) is 21.1 Å². The van der Waals surface area contributed by atoms with Gasteiger partial charge in [0.05, 0.1) is 25.8 Å². The predicted octanol–water partition coefficient (Wildman–Crippen LogP) is 0.969. The van der Waals surface area contributed by atoms with Gasteiger partial charge < -0.3 is 14.4 Å². The number of nitrogens with zero attached hydrogens (tertiary/aromatic N) is 4. The quantitative estimate of drug-likeness (QED) is 0.561. The van der Waals surface area contributed by atoms with Gasteiger partial charge in [-0.1, -0.05) is 11.6 Å². The minimum Gasteiger partial charge on any atom is -0.465 e. The molecule has 1 aliphatic rings. The van der Waals surface area contributed by atoms with E-state index < -0.39 is 5.82 Å². The summed E-state index contributed by atoms with van der Waals surface area (Å²) >= 11 is 5.71. The SMILES string of the molecule is CCOC(=O)CN1CCN(c2ncnc(Cl)c2F)C[C@H]1COC. The van der Waals surface area contributed by atoms with Gasteiger partial charge in [-0.05, 0) is 6.92 Å². The lowest BCUT2D eigenvalue weighted by Gasteiger charge is -2.41. The van der Waals surface area contributed by atoms with Crippen molar-refractivity contribution in [2.24, 2.45) is 0 Å². The third-order valence-corrected chi connectivity index (χ3v) is 3.89. The first-order valence-corrected chi connectivity index (χ1v) is 7.74. The van der Waals surface area contributed by atoms with Crippen LogP contribution in [-0.4, -0.2) is 73.4 Å². The summed E-state index contributed by atoms with van der Waals surface area (Å²) in [7, 11) is 1.59. The highest BCUT2D eigenvalue weighted by Gasteiger charge is 2.31. The number of carbonyl (C=O) groups is 1. The topological polar surface area (TPSA) is 67.8 Å². The molecular weight excluding hydrogens is 327 g/mol. The van der Waals surface area contributed by atoms with Gasteiger partial charge >= 0.3 is 5.97 Å². The van der Waals surface area contributed by atoms with E-state index in [1.165, 1.54) is 6.33 Å². The van der Waals surface area contributed by atoms with Crippen LogP contribution >= 0.6 is 11.6 Å². The van der Waals surface area contributed by atoms with Crippen molar-refractivity contribution in [3.63, 3.8) is 0 Å². The van der Waals surface area contributed by atoms with Gasteiger partial charge in [-0.2, -0.15) is 4.39 Å². The van der Waals surface area contributed by atoms with Crippen LogP contribution in [0.2, 0.25) is 5.15 Å². The monoisotopic (exact) mass is 346 g/mol. The summed E-state index contributed by atoms with van der Waals surface area (Å²) < 4.78 is 24.3. The van der Waals surface area contributed by atoms with E-state index in [9.17, 15) is 9.18 Å². The molecule has 1 aromatic heterocycles. The van der Waals surface area contributed by atoms with E-state index in [0.717, 1.165) is 0 Å². The molecule has 0 unspecified atom stereocenters. The van der Waals surface area contributed by atoms with Gasteiger partial charge in [-0.15, -0.1) is 0 Å². The van der Waals surface area contributed by atoms with Crippen molar-refractivity contribution in [2.75, 3.05) is 51.4 Å². The number of piperazine rings is 1. The zero-order valence-electron chi connectivity index (χ0n) is 13.2. The number of rotatable bonds is 6. The molecule has 1 saturated heterocycles. The van der Waals surface area contributed by atoms with Crippen LogP contribution in [0.25, 0.3) is 0 Å². The van der Waals surface area contributed by atoms with Crippen molar-refractivity contribution in [3.8, 4) is 0 Å².